The van der Waals surface area contributed by atoms with Gasteiger partial charge in [0.05, 0.1) is 0 Å². The number of para-hydroxylation sites is 1. The van der Waals surface area contributed by atoms with Crippen LogP contribution in [0.25, 0.3) is 10.9 Å². The van der Waals surface area contributed by atoms with Gasteiger partial charge in [0, 0.05) is 24.3 Å². The number of fused-ring (bicyclic) bond motifs is 1. The van der Waals surface area contributed by atoms with E-state index < -0.39 is 6.04 Å². The average Bonchev–Trinajstić information content (AvgIpc) is 2.78. The predicted molar refractivity (Wildman–Crippen MR) is 80.9 cm³/mol. The van der Waals surface area contributed by atoms with Crippen LogP contribution in [0.1, 0.15) is 12.6 Å². The van der Waals surface area contributed by atoms with E-state index in [1.165, 1.54) is 0 Å². The summed E-state index contributed by atoms with van der Waals surface area (Å²) in [5, 5.41) is 3.91. The van der Waals surface area contributed by atoms with E-state index in [1.807, 2.05) is 35.8 Å². The molecule has 5 heteroatoms. The van der Waals surface area contributed by atoms with E-state index in [9.17, 15) is 9.59 Å². The quantitative estimate of drug-likeness (QED) is 0.904. The van der Waals surface area contributed by atoms with E-state index in [0.717, 1.165) is 16.6 Å². The van der Waals surface area contributed by atoms with Gasteiger partial charge in [0.2, 0.25) is 11.8 Å². The summed E-state index contributed by atoms with van der Waals surface area (Å²) in [7, 11) is 0. The van der Waals surface area contributed by atoms with E-state index in [2.05, 4.69) is 11.4 Å². The maximum Gasteiger partial charge on any atom is 0.243 e. The summed E-state index contributed by atoms with van der Waals surface area (Å²) in [4.78, 5) is 25.9. The van der Waals surface area contributed by atoms with E-state index >= 15 is 0 Å². The Morgan fingerprint density at radius 1 is 1.38 bits per heavy atom. The number of hydrogen-bond donors (Lipinski definition) is 1. The molecule has 1 aliphatic heterocycles. The van der Waals surface area contributed by atoms with Gasteiger partial charge in [-0.25, -0.2) is 0 Å². The van der Waals surface area contributed by atoms with Crippen molar-refractivity contribution in [2.24, 2.45) is 0 Å². The smallest absolute Gasteiger partial charge is 0.243 e. The van der Waals surface area contributed by atoms with Gasteiger partial charge in [-0.1, -0.05) is 18.2 Å². The molecule has 1 unspecified atom stereocenters. The number of hydrogen-bond acceptors (Lipinski definition) is 2. The highest BCUT2D eigenvalue weighted by molar-refractivity contribution is 5.89. The second kappa shape index (κ2) is 5.24. The van der Waals surface area contributed by atoms with Gasteiger partial charge < -0.3 is 14.8 Å². The number of carbonyl (C=O) groups excluding carboxylic acids is 2. The largest absolute Gasteiger partial charge is 0.353 e. The minimum absolute atomic E-state index is 0.0122. The Morgan fingerprint density at radius 3 is 2.95 bits per heavy atom. The third kappa shape index (κ3) is 2.39. The van der Waals surface area contributed by atoms with E-state index in [1.54, 1.807) is 11.8 Å². The molecular weight excluding hydrogens is 266 g/mol. The zero-order chi connectivity index (χ0) is 15.0. The number of amides is 2. The van der Waals surface area contributed by atoms with Crippen molar-refractivity contribution in [3.05, 3.63) is 36.0 Å². The Bertz CT molecular complexity index is 705. The molecule has 0 aliphatic carbocycles. The summed E-state index contributed by atoms with van der Waals surface area (Å²) in [6.07, 6.45) is 0. The fourth-order valence-electron chi connectivity index (χ4n) is 2.91. The molecule has 2 amide bonds. The topological polar surface area (TPSA) is 54.3 Å². The molecule has 2 heterocycles. The second-order valence-electron chi connectivity index (χ2n) is 5.48. The highest BCUT2D eigenvalue weighted by Crippen LogP contribution is 2.19. The van der Waals surface area contributed by atoms with Crippen LogP contribution in [-0.2, 0) is 16.1 Å². The van der Waals surface area contributed by atoms with Crippen LogP contribution in [0.2, 0.25) is 0 Å². The summed E-state index contributed by atoms with van der Waals surface area (Å²) in [5.41, 5.74) is 2.11. The van der Waals surface area contributed by atoms with Crippen LogP contribution in [0.5, 0.6) is 0 Å². The lowest BCUT2D eigenvalue weighted by Gasteiger charge is -2.33. The number of carbonyl (C=O) groups is 2. The number of piperazine rings is 1. The molecule has 3 rings (SSSR count). The fourth-order valence-corrected chi connectivity index (χ4v) is 2.91. The summed E-state index contributed by atoms with van der Waals surface area (Å²) in [6.45, 7) is 5.15. The van der Waals surface area contributed by atoms with Crippen LogP contribution in [-0.4, -0.2) is 40.4 Å². The SMILES string of the molecule is Cc1cc2ccccc2n1CC(=O)N1CCNC(=O)C1C. The Morgan fingerprint density at radius 2 is 2.14 bits per heavy atom. The van der Waals surface area contributed by atoms with E-state index in [4.69, 9.17) is 0 Å². The number of nitrogens with one attached hydrogen (secondary N) is 1. The van der Waals surface area contributed by atoms with Gasteiger partial charge in [-0.05, 0) is 31.4 Å². The number of aromatic nitrogens is 1. The van der Waals surface area contributed by atoms with Crippen LogP contribution in [0.3, 0.4) is 0 Å². The molecule has 1 aliphatic rings. The van der Waals surface area contributed by atoms with Gasteiger partial charge in [-0.3, -0.25) is 9.59 Å². The van der Waals surface area contributed by atoms with Gasteiger partial charge in [0.15, 0.2) is 0 Å². The number of nitrogens with zero attached hydrogens (tertiary/aromatic N) is 2. The highest BCUT2D eigenvalue weighted by Gasteiger charge is 2.29. The zero-order valence-electron chi connectivity index (χ0n) is 12.3. The van der Waals surface area contributed by atoms with Crippen molar-refractivity contribution in [3.63, 3.8) is 0 Å². The minimum Gasteiger partial charge on any atom is -0.353 e. The van der Waals surface area contributed by atoms with Gasteiger partial charge in [-0.15, -0.1) is 0 Å². The van der Waals surface area contributed by atoms with Crippen LogP contribution in [0.15, 0.2) is 30.3 Å². The van der Waals surface area contributed by atoms with Crippen molar-refractivity contribution in [2.45, 2.75) is 26.4 Å². The maximum absolute atomic E-state index is 12.5. The van der Waals surface area contributed by atoms with Crippen molar-refractivity contribution >= 4 is 22.7 Å². The molecule has 1 N–H and O–H groups in total. The molecule has 0 saturated carbocycles. The van der Waals surface area contributed by atoms with Crippen molar-refractivity contribution in [3.8, 4) is 0 Å². The summed E-state index contributed by atoms with van der Waals surface area (Å²) in [6, 6.07) is 9.70. The molecule has 0 bridgehead atoms. The van der Waals surface area contributed by atoms with Gasteiger partial charge >= 0.3 is 0 Å². The number of aryl methyl sites for hydroxylation is 1. The molecule has 1 saturated heterocycles. The fraction of sp³-hybridized carbons (Fsp3) is 0.375. The predicted octanol–water partition coefficient (Wildman–Crippen LogP) is 1.30. The highest BCUT2D eigenvalue weighted by atomic mass is 16.2. The molecule has 0 radical (unpaired) electrons. The van der Waals surface area contributed by atoms with Crippen molar-refractivity contribution in [2.75, 3.05) is 13.1 Å². The van der Waals surface area contributed by atoms with E-state index in [0.29, 0.717) is 13.1 Å². The van der Waals surface area contributed by atoms with Gasteiger partial charge in [0.25, 0.3) is 0 Å². The standard InChI is InChI=1S/C16H19N3O2/c1-11-9-13-5-3-4-6-14(13)19(11)10-15(20)18-8-7-17-16(21)12(18)2/h3-6,9,12H,7-8,10H2,1-2H3,(H,17,21). The number of benzene rings is 1. The van der Waals surface area contributed by atoms with Gasteiger partial charge in [0.1, 0.15) is 12.6 Å². The first-order chi connectivity index (χ1) is 10.1. The van der Waals surface area contributed by atoms with Crippen LogP contribution in [0.4, 0.5) is 0 Å². The molecule has 5 nitrogen and oxygen atoms in total. The Labute approximate surface area is 123 Å². The molecule has 0 spiro atoms. The van der Waals surface area contributed by atoms with Crippen LogP contribution < -0.4 is 5.32 Å². The summed E-state index contributed by atoms with van der Waals surface area (Å²) >= 11 is 0. The molecule has 1 fully saturated rings. The van der Waals surface area contributed by atoms with Crippen molar-refractivity contribution in [1.82, 2.24) is 14.8 Å². The zero-order valence-corrected chi connectivity index (χ0v) is 12.3. The lowest BCUT2D eigenvalue weighted by Crippen LogP contribution is -2.56. The summed E-state index contributed by atoms with van der Waals surface area (Å²) < 4.78 is 2.01. The molecular formula is C16H19N3O2. The Balaban J connectivity index is 1.86. The summed E-state index contributed by atoms with van der Waals surface area (Å²) in [5.74, 6) is -0.0921. The first-order valence-electron chi connectivity index (χ1n) is 7.20. The Hall–Kier alpha value is -2.30. The second-order valence-corrected chi connectivity index (χ2v) is 5.48. The van der Waals surface area contributed by atoms with Crippen molar-refractivity contribution < 1.29 is 9.59 Å². The van der Waals surface area contributed by atoms with Gasteiger partial charge in [-0.2, -0.15) is 0 Å². The van der Waals surface area contributed by atoms with Crippen molar-refractivity contribution in [1.29, 1.82) is 0 Å². The monoisotopic (exact) mass is 285 g/mol. The van der Waals surface area contributed by atoms with Crippen LogP contribution >= 0.6 is 0 Å². The minimum atomic E-state index is -0.395. The first-order valence-corrected chi connectivity index (χ1v) is 7.20. The first kappa shape index (κ1) is 13.7. The lowest BCUT2D eigenvalue weighted by atomic mass is 10.2. The molecule has 110 valence electrons. The molecule has 1 atom stereocenters. The normalized spacial score (nSPS) is 18.9. The lowest BCUT2D eigenvalue weighted by molar-refractivity contribution is -0.142. The van der Waals surface area contributed by atoms with Crippen LogP contribution in [0, 0.1) is 6.92 Å². The Kier molecular flexibility index (Phi) is 3.41. The maximum atomic E-state index is 12.5. The third-order valence-corrected chi connectivity index (χ3v) is 4.13. The van der Waals surface area contributed by atoms with E-state index in [-0.39, 0.29) is 18.4 Å². The molecule has 1 aromatic heterocycles. The average molecular weight is 285 g/mol. The molecule has 1 aromatic carbocycles. The number of rotatable bonds is 2. The molecule has 21 heavy (non-hydrogen) atoms. The third-order valence-electron chi connectivity index (χ3n) is 4.13. The molecule has 2 aromatic rings.